The van der Waals surface area contributed by atoms with E-state index in [-0.39, 0.29) is 24.1 Å². The summed E-state index contributed by atoms with van der Waals surface area (Å²) in [5.41, 5.74) is 7.62. The molecule has 0 aliphatic rings. The number of aryl methyl sites for hydroxylation is 1. The number of hydrogen-bond acceptors (Lipinski definition) is 3. The number of ether oxygens (including phenoxy) is 1. The van der Waals surface area contributed by atoms with Crippen molar-refractivity contribution in [2.24, 2.45) is 5.73 Å². The molecule has 7 heteroatoms. The zero-order valence-electron chi connectivity index (χ0n) is 15.2. The van der Waals surface area contributed by atoms with Crippen LogP contribution in [-0.4, -0.2) is 28.7 Å². The Hall–Kier alpha value is -3.61. The Kier molecular flexibility index (Phi) is 5.44. The largest absolute Gasteiger partial charge is 0.497 e. The van der Waals surface area contributed by atoms with Crippen molar-refractivity contribution < 1.29 is 23.8 Å². The molecular weight excluding hydrogens is 363 g/mol. The second kappa shape index (κ2) is 7.96. The average molecular weight is 382 g/mol. The highest BCUT2D eigenvalue weighted by atomic mass is 19.1. The van der Waals surface area contributed by atoms with Crippen LogP contribution in [0.3, 0.4) is 0 Å². The molecule has 0 unspecified atom stereocenters. The highest BCUT2D eigenvalue weighted by Crippen LogP contribution is 2.30. The van der Waals surface area contributed by atoms with Gasteiger partial charge in [0.15, 0.2) is 0 Å². The SMILES string of the molecule is COc1ccc(-c2ccc(CCC(=O)O)n2-c2ccc(C(N)=O)cc2F)cc1. The lowest BCUT2D eigenvalue weighted by atomic mass is 10.1. The zero-order chi connectivity index (χ0) is 20.3. The molecule has 3 N–H and O–H groups in total. The highest BCUT2D eigenvalue weighted by Gasteiger charge is 2.17. The standard InChI is InChI=1S/C21H19FN2O4/c1-28-16-7-2-13(3-8-16)18-10-5-15(6-11-20(25)26)24(18)19-9-4-14(21(23)27)12-17(19)22/h2-5,7-10,12H,6,11H2,1H3,(H2,23,27)(H,25,26). The maximum absolute atomic E-state index is 14.8. The molecular formula is C21H19FN2O4. The summed E-state index contributed by atoms with van der Waals surface area (Å²) < 4.78 is 21.6. The van der Waals surface area contributed by atoms with Gasteiger partial charge in [0, 0.05) is 11.3 Å². The monoisotopic (exact) mass is 382 g/mol. The second-order valence-corrected chi connectivity index (χ2v) is 6.20. The number of benzene rings is 2. The third-order valence-electron chi connectivity index (χ3n) is 4.42. The molecule has 0 atom stereocenters. The van der Waals surface area contributed by atoms with E-state index in [0.29, 0.717) is 17.1 Å². The van der Waals surface area contributed by atoms with Gasteiger partial charge in [-0.05, 0) is 66.6 Å². The average Bonchev–Trinajstić information content (AvgIpc) is 3.10. The van der Waals surface area contributed by atoms with Gasteiger partial charge >= 0.3 is 5.97 Å². The Morgan fingerprint density at radius 2 is 1.82 bits per heavy atom. The summed E-state index contributed by atoms with van der Waals surface area (Å²) in [5, 5.41) is 9.02. The third-order valence-corrected chi connectivity index (χ3v) is 4.42. The van der Waals surface area contributed by atoms with E-state index >= 15 is 0 Å². The summed E-state index contributed by atoms with van der Waals surface area (Å²) in [6.45, 7) is 0. The van der Waals surface area contributed by atoms with Crippen LogP contribution in [0.1, 0.15) is 22.5 Å². The van der Waals surface area contributed by atoms with Crippen molar-refractivity contribution in [3.8, 4) is 22.7 Å². The normalized spacial score (nSPS) is 10.6. The summed E-state index contributed by atoms with van der Waals surface area (Å²) in [4.78, 5) is 22.3. The molecule has 0 spiro atoms. The summed E-state index contributed by atoms with van der Waals surface area (Å²) in [6.07, 6.45) is 0.134. The van der Waals surface area contributed by atoms with Crippen LogP contribution in [0.25, 0.3) is 16.9 Å². The van der Waals surface area contributed by atoms with Crippen LogP contribution >= 0.6 is 0 Å². The minimum Gasteiger partial charge on any atom is -0.497 e. The van der Waals surface area contributed by atoms with Gasteiger partial charge in [0.05, 0.1) is 24.9 Å². The Morgan fingerprint density at radius 1 is 1.11 bits per heavy atom. The topological polar surface area (TPSA) is 94.6 Å². The number of carboxylic acids is 1. The van der Waals surface area contributed by atoms with E-state index in [1.807, 2.05) is 12.1 Å². The van der Waals surface area contributed by atoms with Gasteiger partial charge < -0.3 is 20.1 Å². The van der Waals surface area contributed by atoms with Crippen LogP contribution in [0, 0.1) is 5.82 Å². The van der Waals surface area contributed by atoms with Gasteiger partial charge in [0.1, 0.15) is 11.6 Å². The van der Waals surface area contributed by atoms with Crippen molar-refractivity contribution in [2.45, 2.75) is 12.8 Å². The number of methoxy groups -OCH3 is 1. The van der Waals surface area contributed by atoms with Gasteiger partial charge in [-0.15, -0.1) is 0 Å². The number of amides is 1. The van der Waals surface area contributed by atoms with Crippen molar-refractivity contribution in [1.82, 2.24) is 4.57 Å². The molecule has 1 heterocycles. The van der Waals surface area contributed by atoms with E-state index in [1.165, 1.54) is 12.1 Å². The fraction of sp³-hybridized carbons (Fsp3) is 0.143. The summed E-state index contributed by atoms with van der Waals surface area (Å²) in [7, 11) is 1.57. The van der Waals surface area contributed by atoms with E-state index in [0.717, 1.165) is 11.6 Å². The van der Waals surface area contributed by atoms with Gasteiger partial charge in [-0.1, -0.05) is 0 Å². The molecule has 3 rings (SSSR count). The van der Waals surface area contributed by atoms with Crippen LogP contribution in [0.5, 0.6) is 5.75 Å². The van der Waals surface area contributed by atoms with Gasteiger partial charge in [0.25, 0.3) is 0 Å². The first-order valence-corrected chi connectivity index (χ1v) is 8.57. The minimum absolute atomic E-state index is 0.0616. The van der Waals surface area contributed by atoms with Crippen molar-refractivity contribution in [3.05, 3.63) is 71.7 Å². The first kappa shape index (κ1) is 19.2. The molecule has 3 aromatic rings. The van der Waals surface area contributed by atoms with Crippen molar-refractivity contribution in [3.63, 3.8) is 0 Å². The molecule has 28 heavy (non-hydrogen) atoms. The van der Waals surface area contributed by atoms with E-state index in [9.17, 15) is 14.0 Å². The molecule has 0 aliphatic carbocycles. The maximum Gasteiger partial charge on any atom is 0.303 e. The molecule has 6 nitrogen and oxygen atoms in total. The van der Waals surface area contributed by atoms with Gasteiger partial charge in [-0.25, -0.2) is 4.39 Å². The molecule has 0 radical (unpaired) electrons. The number of carbonyl (C=O) groups excluding carboxylic acids is 1. The van der Waals surface area contributed by atoms with Crippen LogP contribution in [0.2, 0.25) is 0 Å². The number of aromatic nitrogens is 1. The molecule has 0 aliphatic heterocycles. The van der Waals surface area contributed by atoms with Crippen LogP contribution < -0.4 is 10.5 Å². The Morgan fingerprint density at radius 3 is 2.39 bits per heavy atom. The van der Waals surface area contributed by atoms with Crippen LogP contribution in [0.4, 0.5) is 4.39 Å². The molecule has 2 aromatic carbocycles. The van der Waals surface area contributed by atoms with Gasteiger partial charge in [0.2, 0.25) is 5.91 Å². The summed E-state index contributed by atoms with van der Waals surface area (Å²) >= 11 is 0. The predicted molar refractivity (Wildman–Crippen MR) is 102 cm³/mol. The fourth-order valence-corrected chi connectivity index (χ4v) is 3.02. The quantitative estimate of drug-likeness (QED) is 0.655. The number of hydrogen-bond donors (Lipinski definition) is 2. The molecule has 0 fully saturated rings. The van der Waals surface area contributed by atoms with E-state index in [2.05, 4.69) is 0 Å². The number of carbonyl (C=O) groups is 2. The smallest absolute Gasteiger partial charge is 0.303 e. The predicted octanol–water partition coefficient (Wildman–Crippen LogP) is 3.41. The molecule has 0 saturated heterocycles. The zero-order valence-corrected chi connectivity index (χ0v) is 15.2. The van der Waals surface area contributed by atoms with E-state index < -0.39 is 17.7 Å². The molecule has 0 saturated carbocycles. The molecule has 1 amide bonds. The number of carboxylic acid groups (broad SMARTS) is 1. The Bertz CT molecular complexity index is 1030. The van der Waals surface area contributed by atoms with Gasteiger partial charge in [-0.2, -0.15) is 0 Å². The lowest BCUT2D eigenvalue weighted by molar-refractivity contribution is -0.136. The lowest BCUT2D eigenvalue weighted by Gasteiger charge is -2.15. The number of nitrogens with two attached hydrogens (primary N) is 1. The summed E-state index contributed by atoms with van der Waals surface area (Å²) in [5.74, 6) is -1.61. The maximum atomic E-state index is 14.8. The Labute approximate surface area is 161 Å². The first-order valence-electron chi connectivity index (χ1n) is 8.57. The van der Waals surface area contributed by atoms with E-state index in [1.54, 1.807) is 35.9 Å². The molecule has 1 aromatic heterocycles. The van der Waals surface area contributed by atoms with Crippen LogP contribution in [0.15, 0.2) is 54.6 Å². The second-order valence-electron chi connectivity index (χ2n) is 6.20. The van der Waals surface area contributed by atoms with Gasteiger partial charge in [-0.3, -0.25) is 9.59 Å². The minimum atomic E-state index is -0.941. The molecule has 0 bridgehead atoms. The Balaban J connectivity index is 2.14. The molecule has 144 valence electrons. The lowest BCUT2D eigenvalue weighted by Crippen LogP contribution is -2.12. The van der Waals surface area contributed by atoms with Crippen molar-refractivity contribution >= 4 is 11.9 Å². The van der Waals surface area contributed by atoms with Crippen molar-refractivity contribution in [2.75, 3.05) is 7.11 Å². The third kappa shape index (κ3) is 3.88. The number of aliphatic carboxylic acids is 1. The first-order chi connectivity index (χ1) is 13.4. The highest BCUT2D eigenvalue weighted by molar-refractivity contribution is 5.93. The fourth-order valence-electron chi connectivity index (χ4n) is 3.02. The summed E-state index contributed by atoms with van der Waals surface area (Å²) in [6, 6.07) is 14.8. The van der Waals surface area contributed by atoms with E-state index in [4.69, 9.17) is 15.6 Å². The number of halogens is 1. The number of primary amides is 1. The van der Waals surface area contributed by atoms with Crippen molar-refractivity contribution in [1.29, 1.82) is 0 Å². The number of rotatable bonds is 7. The van der Waals surface area contributed by atoms with Crippen LogP contribution in [-0.2, 0) is 11.2 Å². The number of nitrogens with zero attached hydrogens (tertiary/aromatic N) is 1.